The molecule has 1 atom stereocenters. The number of aliphatic carboxylic acids is 1. The molecule has 2 N–H and O–H groups in total. The Hall–Kier alpha value is -2.49. The van der Waals surface area contributed by atoms with Crippen LogP contribution >= 0.6 is 22.6 Å². The van der Waals surface area contributed by atoms with Crippen molar-refractivity contribution in [2.45, 2.75) is 45.4 Å². The van der Waals surface area contributed by atoms with Crippen molar-refractivity contribution < 1.29 is 28.9 Å². The van der Waals surface area contributed by atoms with Crippen LogP contribution in [0.15, 0.2) is 42.5 Å². The summed E-state index contributed by atoms with van der Waals surface area (Å²) in [6.45, 7) is 5.40. The molecule has 0 saturated heterocycles. The Kier molecular flexibility index (Phi) is 8.33. The third-order valence-corrected chi connectivity index (χ3v) is 4.70. The summed E-state index contributed by atoms with van der Waals surface area (Å²) in [5.74, 6) is 0.211. The number of carbonyl (C=O) groups excluding carboxylic acids is 1. The van der Waals surface area contributed by atoms with E-state index in [9.17, 15) is 14.7 Å². The Balaban J connectivity index is 2.11. The molecule has 0 aliphatic heterocycles. The molecular weight excluding hydrogens is 501 g/mol. The number of amides is 1. The molecule has 0 aromatic heterocycles. The van der Waals surface area contributed by atoms with Crippen molar-refractivity contribution >= 4 is 34.7 Å². The fourth-order valence-corrected chi connectivity index (χ4v) is 3.01. The maximum absolute atomic E-state index is 12.0. The van der Waals surface area contributed by atoms with Crippen molar-refractivity contribution in [1.82, 2.24) is 5.32 Å². The van der Waals surface area contributed by atoms with Crippen LogP contribution in [0.5, 0.6) is 11.5 Å². The standard InChI is InChI=1S/C22H26INO6/c1-22(2,3)30-21(27)24-18(20(25)26)12-14-5-10-19(28-4)15(11-14)13-29-17-8-6-16(23)7-9-17/h5-11,18H,12-13H2,1-4H3,(H,24,27)(H,25,26). The van der Waals surface area contributed by atoms with Crippen LogP contribution in [0.2, 0.25) is 0 Å². The van der Waals surface area contributed by atoms with E-state index in [1.165, 1.54) is 0 Å². The SMILES string of the molecule is COc1ccc(CC(NC(=O)OC(C)(C)C)C(=O)O)cc1COc1ccc(I)cc1. The Morgan fingerprint density at radius 1 is 1.13 bits per heavy atom. The summed E-state index contributed by atoms with van der Waals surface area (Å²) in [7, 11) is 1.56. The number of carbonyl (C=O) groups is 2. The number of hydrogen-bond donors (Lipinski definition) is 2. The third-order valence-electron chi connectivity index (χ3n) is 3.98. The highest BCUT2D eigenvalue weighted by molar-refractivity contribution is 14.1. The average molecular weight is 527 g/mol. The van der Waals surface area contributed by atoms with Gasteiger partial charge in [0.1, 0.15) is 29.7 Å². The van der Waals surface area contributed by atoms with E-state index in [1.54, 1.807) is 40.0 Å². The van der Waals surface area contributed by atoms with Crippen LogP contribution in [0.1, 0.15) is 31.9 Å². The van der Waals surface area contributed by atoms with Gasteiger partial charge in [0.2, 0.25) is 0 Å². The predicted molar refractivity (Wildman–Crippen MR) is 121 cm³/mol. The smallest absolute Gasteiger partial charge is 0.408 e. The highest BCUT2D eigenvalue weighted by Crippen LogP contribution is 2.23. The molecule has 1 unspecified atom stereocenters. The van der Waals surface area contributed by atoms with E-state index in [2.05, 4.69) is 27.9 Å². The molecule has 30 heavy (non-hydrogen) atoms. The van der Waals surface area contributed by atoms with Crippen molar-refractivity contribution in [2.75, 3.05) is 7.11 Å². The molecule has 7 nitrogen and oxygen atoms in total. The average Bonchev–Trinajstić information content (AvgIpc) is 2.65. The van der Waals surface area contributed by atoms with Gasteiger partial charge in [-0.2, -0.15) is 0 Å². The van der Waals surface area contributed by atoms with Gasteiger partial charge in [0, 0.05) is 15.6 Å². The van der Waals surface area contributed by atoms with Gasteiger partial charge in [-0.05, 0) is 85.3 Å². The van der Waals surface area contributed by atoms with Crippen LogP contribution < -0.4 is 14.8 Å². The molecule has 0 radical (unpaired) electrons. The highest BCUT2D eigenvalue weighted by Gasteiger charge is 2.24. The molecule has 0 aliphatic rings. The molecule has 2 aromatic carbocycles. The summed E-state index contributed by atoms with van der Waals surface area (Å²) >= 11 is 2.22. The van der Waals surface area contributed by atoms with Gasteiger partial charge in [-0.15, -0.1) is 0 Å². The minimum absolute atomic E-state index is 0.0924. The van der Waals surface area contributed by atoms with Gasteiger partial charge in [0.15, 0.2) is 0 Å². The molecule has 1 amide bonds. The second-order valence-corrected chi connectivity index (χ2v) is 8.88. The van der Waals surface area contributed by atoms with E-state index in [0.717, 1.165) is 20.4 Å². The molecule has 0 spiro atoms. The van der Waals surface area contributed by atoms with Crippen molar-refractivity contribution in [1.29, 1.82) is 0 Å². The molecule has 2 aromatic rings. The van der Waals surface area contributed by atoms with E-state index in [-0.39, 0.29) is 13.0 Å². The fraction of sp³-hybridized carbons (Fsp3) is 0.364. The van der Waals surface area contributed by atoms with Crippen molar-refractivity contribution in [3.05, 3.63) is 57.2 Å². The van der Waals surface area contributed by atoms with Gasteiger partial charge in [-0.1, -0.05) is 6.07 Å². The molecule has 0 heterocycles. The number of methoxy groups -OCH3 is 1. The monoisotopic (exact) mass is 527 g/mol. The first kappa shape index (κ1) is 23.8. The largest absolute Gasteiger partial charge is 0.496 e. The van der Waals surface area contributed by atoms with E-state index in [1.807, 2.05) is 30.3 Å². The lowest BCUT2D eigenvalue weighted by atomic mass is 10.0. The number of benzene rings is 2. The zero-order valence-corrected chi connectivity index (χ0v) is 19.6. The summed E-state index contributed by atoms with van der Waals surface area (Å²) in [5, 5.41) is 11.9. The lowest BCUT2D eigenvalue weighted by Gasteiger charge is -2.22. The summed E-state index contributed by atoms with van der Waals surface area (Å²) in [6.07, 6.45) is -0.680. The van der Waals surface area contributed by atoms with Crippen molar-refractivity contribution in [3.8, 4) is 11.5 Å². The lowest BCUT2D eigenvalue weighted by molar-refractivity contribution is -0.139. The minimum atomic E-state index is -1.15. The molecule has 2 rings (SSSR count). The number of hydrogen-bond acceptors (Lipinski definition) is 5. The zero-order chi connectivity index (χ0) is 22.3. The topological polar surface area (TPSA) is 94.1 Å². The van der Waals surface area contributed by atoms with Gasteiger partial charge >= 0.3 is 12.1 Å². The number of nitrogens with one attached hydrogen (secondary N) is 1. The predicted octanol–water partition coefficient (Wildman–Crippen LogP) is 4.40. The molecule has 162 valence electrons. The van der Waals surface area contributed by atoms with Crippen molar-refractivity contribution in [2.24, 2.45) is 0 Å². The van der Waals surface area contributed by atoms with Gasteiger partial charge in [-0.3, -0.25) is 0 Å². The van der Waals surface area contributed by atoms with Gasteiger partial charge in [0.25, 0.3) is 0 Å². The van der Waals surface area contributed by atoms with E-state index in [4.69, 9.17) is 14.2 Å². The van der Waals surface area contributed by atoms with E-state index >= 15 is 0 Å². The second-order valence-electron chi connectivity index (χ2n) is 7.63. The van der Waals surface area contributed by atoms with Crippen LogP contribution in [0.25, 0.3) is 0 Å². The van der Waals surface area contributed by atoms with E-state index < -0.39 is 23.7 Å². The van der Waals surface area contributed by atoms with E-state index in [0.29, 0.717) is 5.75 Å². The third kappa shape index (κ3) is 7.74. The molecule has 0 bridgehead atoms. The summed E-state index contributed by atoms with van der Waals surface area (Å²) < 4.78 is 17.5. The molecule has 0 saturated carbocycles. The Bertz CT molecular complexity index is 876. The van der Waals surface area contributed by atoms with Crippen LogP contribution in [0.3, 0.4) is 0 Å². The number of ether oxygens (including phenoxy) is 3. The number of alkyl carbamates (subject to hydrolysis) is 1. The quantitative estimate of drug-likeness (QED) is 0.495. The molecular formula is C22H26INO6. The molecule has 0 aliphatic carbocycles. The number of carboxylic acid groups (broad SMARTS) is 1. The van der Waals surface area contributed by atoms with Crippen LogP contribution in [0, 0.1) is 3.57 Å². The first-order chi connectivity index (χ1) is 14.1. The van der Waals surface area contributed by atoms with Crippen molar-refractivity contribution in [3.63, 3.8) is 0 Å². The maximum Gasteiger partial charge on any atom is 0.408 e. The fourth-order valence-electron chi connectivity index (χ4n) is 2.65. The Morgan fingerprint density at radius 2 is 1.80 bits per heavy atom. The molecule has 8 heteroatoms. The first-order valence-corrected chi connectivity index (χ1v) is 10.4. The number of halogens is 1. The molecule has 0 fully saturated rings. The lowest BCUT2D eigenvalue weighted by Crippen LogP contribution is -2.44. The van der Waals surface area contributed by atoms with Crippen LogP contribution in [0.4, 0.5) is 4.79 Å². The second kappa shape index (κ2) is 10.5. The number of carboxylic acids is 1. The summed E-state index contributed by atoms with van der Waals surface area (Å²) in [5.41, 5.74) is 0.781. The maximum atomic E-state index is 12.0. The minimum Gasteiger partial charge on any atom is -0.496 e. The Morgan fingerprint density at radius 3 is 2.37 bits per heavy atom. The van der Waals surface area contributed by atoms with Gasteiger partial charge < -0.3 is 24.6 Å². The van der Waals surface area contributed by atoms with Gasteiger partial charge in [0.05, 0.1) is 7.11 Å². The number of rotatable bonds is 8. The van der Waals surface area contributed by atoms with Crippen LogP contribution in [-0.4, -0.2) is 35.9 Å². The first-order valence-electron chi connectivity index (χ1n) is 9.34. The Labute approximate surface area is 189 Å². The summed E-state index contributed by atoms with van der Waals surface area (Å²) in [6, 6.07) is 11.9. The zero-order valence-electron chi connectivity index (χ0n) is 17.4. The van der Waals surface area contributed by atoms with Crippen LogP contribution in [-0.2, 0) is 22.6 Å². The van der Waals surface area contributed by atoms with Gasteiger partial charge in [-0.25, -0.2) is 9.59 Å². The highest BCUT2D eigenvalue weighted by atomic mass is 127. The normalized spacial score (nSPS) is 12.0. The summed E-state index contributed by atoms with van der Waals surface area (Å²) in [4.78, 5) is 23.6.